The number of nitrogens with zero attached hydrogens (tertiary/aromatic N) is 4. The highest BCUT2D eigenvalue weighted by Gasteiger charge is 2.19. The highest BCUT2D eigenvalue weighted by molar-refractivity contribution is 6.16. The largest absolute Gasteiger partial charge is 0.456 e. The molecule has 0 N–H and O–H groups in total. The molecule has 0 amide bonds. The zero-order chi connectivity index (χ0) is 30.2. The molecule has 45 heavy (non-hydrogen) atoms. The van der Waals surface area contributed by atoms with E-state index in [-0.39, 0.29) is 0 Å². The van der Waals surface area contributed by atoms with Gasteiger partial charge in [-0.3, -0.25) is 0 Å². The lowest BCUT2D eigenvalue weighted by molar-refractivity contribution is 0.669. The van der Waals surface area contributed by atoms with Crippen molar-refractivity contribution in [3.8, 4) is 62.5 Å². The lowest BCUT2D eigenvalue weighted by atomic mass is 9.89. The molecule has 0 aliphatic heterocycles. The molecule has 5 nitrogen and oxygen atoms in total. The Bertz CT molecular complexity index is 2310. The summed E-state index contributed by atoms with van der Waals surface area (Å²) < 4.78 is 6.27. The fourth-order valence-corrected chi connectivity index (χ4v) is 5.83. The third-order valence-electron chi connectivity index (χ3n) is 7.98. The normalized spacial score (nSPS) is 11.1. The van der Waals surface area contributed by atoms with Gasteiger partial charge >= 0.3 is 0 Å². The fourth-order valence-electron chi connectivity index (χ4n) is 5.83. The van der Waals surface area contributed by atoms with Gasteiger partial charge in [0, 0.05) is 33.0 Å². The van der Waals surface area contributed by atoms with Crippen LogP contribution in [0.2, 0.25) is 0 Å². The summed E-state index contributed by atoms with van der Waals surface area (Å²) in [7, 11) is 0. The Hall–Kier alpha value is -6.38. The number of aromatic nitrogens is 3. The van der Waals surface area contributed by atoms with Gasteiger partial charge in [0.1, 0.15) is 11.2 Å². The van der Waals surface area contributed by atoms with Gasteiger partial charge in [0.25, 0.3) is 0 Å². The first-order chi connectivity index (χ1) is 22.2. The van der Waals surface area contributed by atoms with Gasteiger partial charge in [-0.15, -0.1) is 0 Å². The van der Waals surface area contributed by atoms with Crippen molar-refractivity contribution in [2.75, 3.05) is 0 Å². The van der Waals surface area contributed by atoms with E-state index in [0.29, 0.717) is 23.0 Å². The Balaban J connectivity index is 1.34. The van der Waals surface area contributed by atoms with Gasteiger partial charge in [-0.2, -0.15) is 5.26 Å². The van der Waals surface area contributed by atoms with Crippen LogP contribution in [0.4, 0.5) is 0 Å². The Labute approximate surface area is 259 Å². The van der Waals surface area contributed by atoms with E-state index in [4.69, 9.17) is 19.4 Å². The van der Waals surface area contributed by atoms with Crippen molar-refractivity contribution in [2.45, 2.75) is 0 Å². The number of nitriles is 1. The Morgan fingerprint density at radius 2 is 1.04 bits per heavy atom. The van der Waals surface area contributed by atoms with Crippen LogP contribution in [0.1, 0.15) is 5.56 Å². The van der Waals surface area contributed by atoms with Crippen LogP contribution in [0, 0.1) is 11.3 Å². The van der Waals surface area contributed by atoms with E-state index in [2.05, 4.69) is 30.3 Å². The molecule has 0 aliphatic rings. The highest BCUT2D eigenvalue weighted by atomic mass is 16.3. The number of para-hydroxylation sites is 1. The number of hydrogen-bond donors (Lipinski definition) is 0. The van der Waals surface area contributed by atoms with Crippen molar-refractivity contribution >= 4 is 21.9 Å². The lowest BCUT2D eigenvalue weighted by Crippen LogP contribution is -2.00. The molecule has 0 aliphatic carbocycles. The van der Waals surface area contributed by atoms with E-state index in [1.165, 1.54) is 0 Å². The molecular weight excluding hydrogens is 552 g/mol. The average Bonchev–Trinajstić information content (AvgIpc) is 3.51. The van der Waals surface area contributed by atoms with Crippen LogP contribution >= 0.6 is 0 Å². The Kier molecular flexibility index (Phi) is 6.44. The smallest absolute Gasteiger partial charge is 0.164 e. The second-order valence-electron chi connectivity index (χ2n) is 10.8. The van der Waals surface area contributed by atoms with Crippen molar-refractivity contribution < 1.29 is 4.42 Å². The zero-order valence-corrected chi connectivity index (χ0v) is 24.1. The van der Waals surface area contributed by atoms with E-state index < -0.39 is 0 Å². The average molecular weight is 577 g/mol. The summed E-state index contributed by atoms with van der Waals surface area (Å²) >= 11 is 0. The summed E-state index contributed by atoms with van der Waals surface area (Å²) in [5, 5.41) is 11.5. The van der Waals surface area contributed by atoms with Crippen molar-refractivity contribution in [1.82, 2.24) is 15.0 Å². The molecule has 0 fully saturated rings. The lowest BCUT2D eigenvalue weighted by Gasteiger charge is -2.14. The Morgan fingerprint density at radius 1 is 0.467 bits per heavy atom. The summed E-state index contributed by atoms with van der Waals surface area (Å²) in [6, 6.07) is 50.5. The molecule has 2 aromatic heterocycles. The first kappa shape index (κ1) is 26.3. The molecule has 0 atom stereocenters. The van der Waals surface area contributed by atoms with Crippen molar-refractivity contribution in [3.63, 3.8) is 0 Å². The molecule has 5 heteroatoms. The minimum Gasteiger partial charge on any atom is -0.456 e. The predicted octanol–water partition coefficient (Wildman–Crippen LogP) is 9.98. The summed E-state index contributed by atoms with van der Waals surface area (Å²) in [5.41, 5.74) is 9.10. The van der Waals surface area contributed by atoms with Crippen LogP contribution in [-0.2, 0) is 0 Å². The van der Waals surface area contributed by atoms with Crippen LogP contribution in [0.3, 0.4) is 0 Å². The topological polar surface area (TPSA) is 75.6 Å². The molecule has 0 saturated carbocycles. The molecule has 0 radical (unpaired) electrons. The van der Waals surface area contributed by atoms with Gasteiger partial charge in [-0.1, -0.05) is 115 Å². The van der Waals surface area contributed by atoms with E-state index in [1.54, 1.807) is 0 Å². The van der Waals surface area contributed by atoms with Gasteiger partial charge in [-0.25, -0.2) is 15.0 Å². The maximum atomic E-state index is 9.45. The molecule has 210 valence electrons. The van der Waals surface area contributed by atoms with Crippen LogP contribution in [0.5, 0.6) is 0 Å². The Morgan fingerprint density at radius 3 is 1.71 bits per heavy atom. The van der Waals surface area contributed by atoms with Crippen molar-refractivity contribution in [1.29, 1.82) is 5.26 Å². The summed E-state index contributed by atoms with van der Waals surface area (Å²) in [4.78, 5) is 14.7. The minimum absolute atomic E-state index is 0.597. The van der Waals surface area contributed by atoms with Crippen LogP contribution in [0.15, 0.2) is 150 Å². The van der Waals surface area contributed by atoms with Gasteiger partial charge in [0.2, 0.25) is 0 Å². The molecule has 6 aromatic carbocycles. The maximum Gasteiger partial charge on any atom is 0.164 e. The number of rotatable bonds is 5. The second-order valence-corrected chi connectivity index (χ2v) is 10.8. The molecule has 2 heterocycles. The van der Waals surface area contributed by atoms with Crippen LogP contribution < -0.4 is 0 Å². The summed E-state index contributed by atoms with van der Waals surface area (Å²) in [5.74, 6) is 1.84. The first-order valence-corrected chi connectivity index (χ1v) is 14.7. The maximum absolute atomic E-state index is 9.45. The SMILES string of the molecule is N#Cc1ccc(-c2c(-c3cccc(-c4nc(-c5ccccc5)nc(-c5ccccc5)n4)c3)ccc3oc4ccccc4c23)cc1. The monoisotopic (exact) mass is 576 g/mol. The first-order valence-electron chi connectivity index (χ1n) is 14.7. The third kappa shape index (κ3) is 4.81. The molecule has 0 saturated heterocycles. The van der Waals surface area contributed by atoms with Crippen LogP contribution in [-0.4, -0.2) is 15.0 Å². The van der Waals surface area contributed by atoms with Crippen molar-refractivity contribution in [2.24, 2.45) is 0 Å². The number of fused-ring (bicyclic) bond motifs is 3. The molecule has 0 unspecified atom stereocenters. The highest BCUT2D eigenvalue weighted by Crippen LogP contribution is 2.43. The molecule has 0 bridgehead atoms. The summed E-state index contributed by atoms with van der Waals surface area (Å²) in [6.45, 7) is 0. The number of benzene rings is 6. The van der Waals surface area contributed by atoms with E-state index in [0.717, 1.165) is 60.9 Å². The standard InChI is InChI=1S/C40H24N4O/c41-25-26-18-20-27(21-19-26)36-32(22-23-35-37(36)33-16-7-8-17-34(33)45-35)30-14-9-15-31(24-30)40-43-38(28-10-3-1-4-11-28)42-39(44-40)29-12-5-2-6-13-29/h1-24H. The fraction of sp³-hybridized carbons (Fsp3) is 0. The van der Waals surface area contributed by atoms with Gasteiger partial charge in [0.15, 0.2) is 17.5 Å². The molecular formula is C40H24N4O. The van der Waals surface area contributed by atoms with E-state index in [1.807, 2.05) is 121 Å². The van der Waals surface area contributed by atoms with Crippen molar-refractivity contribution in [3.05, 3.63) is 151 Å². The molecule has 8 rings (SSSR count). The molecule has 0 spiro atoms. The molecule has 8 aromatic rings. The quantitative estimate of drug-likeness (QED) is 0.204. The van der Waals surface area contributed by atoms with Gasteiger partial charge < -0.3 is 4.42 Å². The predicted molar refractivity (Wildman–Crippen MR) is 179 cm³/mol. The zero-order valence-electron chi connectivity index (χ0n) is 24.1. The van der Waals surface area contributed by atoms with Gasteiger partial charge in [0.05, 0.1) is 11.6 Å². The number of hydrogen-bond acceptors (Lipinski definition) is 5. The number of furan rings is 1. The summed E-state index contributed by atoms with van der Waals surface area (Å²) in [6.07, 6.45) is 0. The third-order valence-corrected chi connectivity index (χ3v) is 7.98. The van der Waals surface area contributed by atoms with Crippen LogP contribution in [0.25, 0.3) is 78.4 Å². The van der Waals surface area contributed by atoms with E-state index in [9.17, 15) is 5.26 Å². The van der Waals surface area contributed by atoms with Gasteiger partial charge in [-0.05, 0) is 47.0 Å². The minimum atomic E-state index is 0.597. The van der Waals surface area contributed by atoms with E-state index >= 15 is 0 Å². The second kappa shape index (κ2) is 11.0.